The van der Waals surface area contributed by atoms with Crippen LogP contribution in [0.15, 0.2) is 71.1 Å². The van der Waals surface area contributed by atoms with Crippen LogP contribution in [0, 0.1) is 10.1 Å². The first-order chi connectivity index (χ1) is 15.9. The third-order valence-electron chi connectivity index (χ3n) is 4.51. The Hall–Kier alpha value is -4.38. The molecule has 3 aromatic carbocycles. The fourth-order valence-corrected chi connectivity index (χ4v) is 3.40. The number of nitro groups is 1. The van der Waals surface area contributed by atoms with Gasteiger partial charge in [-0.3, -0.25) is 19.6 Å². The van der Waals surface area contributed by atoms with Gasteiger partial charge in [0.2, 0.25) is 11.0 Å². The summed E-state index contributed by atoms with van der Waals surface area (Å²) < 4.78 is 13.4. The van der Waals surface area contributed by atoms with Gasteiger partial charge >= 0.3 is 6.03 Å². The molecular weight excluding hydrogens is 448 g/mol. The second-order valence-corrected chi connectivity index (χ2v) is 7.46. The Kier molecular flexibility index (Phi) is 6.22. The van der Waals surface area contributed by atoms with Crippen LogP contribution >= 0.6 is 11.9 Å². The van der Waals surface area contributed by atoms with Gasteiger partial charge in [-0.2, -0.15) is 0 Å². The maximum atomic E-state index is 12.2. The van der Waals surface area contributed by atoms with Crippen LogP contribution < -0.4 is 14.8 Å². The lowest BCUT2D eigenvalue weighted by atomic mass is 10.2. The Labute approximate surface area is 191 Å². The number of ether oxygens (including phenoxy) is 1. The van der Waals surface area contributed by atoms with E-state index in [-0.39, 0.29) is 11.3 Å². The molecule has 1 heterocycles. The summed E-state index contributed by atoms with van der Waals surface area (Å²) in [7, 11) is 1.58. The van der Waals surface area contributed by atoms with Gasteiger partial charge in [0.1, 0.15) is 11.3 Å². The molecule has 0 unspecified atom stereocenters. The molecule has 0 fully saturated rings. The van der Waals surface area contributed by atoms with Gasteiger partial charge in [-0.05, 0) is 48.5 Å². The Bertz CT molecular complexity index is 1350. The van der Waals surface area contributed by atoms with Crippen molar-refractivity contribution in [2.75, 3.05) is 12.4 Å². The summed E-state index contributed by atoms with van der Waals surface area (Å²) in [6.07, 6.45) is 0. The Morgan fingerprint density at radius 3 is 2.61 bits per heavy atom. The number of amides is 2. The zero-order valence-electron chi connectivity index (χ0n) is 17.1. The first-order valence-corrected chi connectivity index (χ1v) is 10.3. The molecule has 0 radical (unpaired) electrons. The molecule has 0 saturated carbocycles. The molecule has 0 bridgehead atoms. The number of nitrogens with zero attached hydrogens (tertiary/aromatic N) is 2. The zero-order valence-corrected chi connectivity index (χ0v) is 17.9. The third kappa shape index (κ3) is 5.10. The smallest absolute Gasteiger partial charge is 0.329 e. The van der Waals surface area contributed by atoms with E-state index in [1.54, 1.807) is 31.4 Å². The second-order valence-electron chi connectivity index (χ2n) is 6.68. The number of hydrogen-bond acceptors (Lipinski definition) is 8. The topological polar surface area (TPSA) is 137 Å². The average molecular weight is 464 g/mol. The van der Waals surface area contributed by atoms with E-state index in [9.17, 15) is 19.7 Å². The molecule has 0 spiro atoms. The number of fused-ring (bicyclic) bond motifs is 1. The number of urea groups is 1. The lowest BCUT2D eigenvalue weighted by Crippen LogP contribution is -2.24. The van der Waals surface area contributed by atoms with Gasteiger partial charge in [-0.25, -0.2) is 9.78 Å². The van der Waals surface area contributed by atoms with Crippen LogP contribution in [0.3, 0.4) is 0 Å². The Morgan fingerprint density at radius 2 is 1.88 bits per heavy atom. The summed E-state index contributed by atoms with van der Waals surface area (Å²) in [4.78, 5) is 38.9. The summed E-state index contributed by atoms with van der Waals surface area (Å²) >= 11 is 0.563. The van der Waals surface area contributed by atoms with Crippen LogP contribution in [0.25, 0.3) is 22.6 Å². The molecule has 2 N–H and O–H groups in total. The third-order valence-corrected chi connectivity index (χ3v) is 5.22. The fourth-order valence-electron chi connectivity index (χ4n) is 2.91. The van der Waals surface area contributed by atoms with E-state index in [2.05, 4.69) is 15.0 Å². The van der Waals surface area contributed by atoms with E-state index < -0.39 is 16.1 Å². The molecule has 0 aliphatic heterocycles. The maximum Gasteiger partial charge on any atom is 0.329 e. The van der Waals surface area contributed by atoms with E-state index in [0.29, 0.717) is 40.4 Å². The van der Waals surface area contributed by atoms with Gasteiger partial charge < -0.3 is 14.5 Å². The van der Waals surface area contributed by atoms with Crippen LogP contribution in [-0.2, 0) is 0 Å². The van der Waals surface area contributed by atoms with Gasteiger partial charge in [0.15, 0.2) is 5.58 Å². The summed E-state index contributed by atoms with van der Waals surface area (Å²) in [6.45, 7) is 0. The number of carbonyl (C=O) groups excluding carboxylic acids is 2. The number of aromatic nitrogens is 1. The van der Waals surface area contributed by atoms with Crippen LogP contribution in [0.4, 0.5) is 16.2 Å². The molecule has 10 nitrogen and oxygen atoms in total. The highest BCUT2D eigenvalue weighted by atomic mass is 32.2. The number of oxazole rings is 1. The summed E-state index contributed by atoms with van der Waals surface area (Å²) in [6, 6.07) is 16.7. The predicted molar refractivity (Wildman–Crippen MR) is 123 cm³/mol. The minimum Gasteiger partial charge on any atom is -0.497 e. The second kappa shape index (κ2) is 9.40. The van der Waals surface area contributed by atoms with Gasteiger partial charge in [0, 0.05) is 40.9 Å². The number of carbonyl (C=O) groups is 2. The predicted octanol–water partition coefficient (Wildman–Crippen LogP) is 5.02. The lowest BCUT2D eigenvalue weighted by molar-refractivity contribution is -0.384. The molecule has 2 amide bonds. The number of nitrogens with one attached hydrogen (secondary N) is 2. The quantitative estimate of drug-likeness (QED) is 0.239. The van der Waals surface area contributed by atoms with Crippen molar-refractivity contribution in [3.8, 4) is 17.2 Å². The molecule has 0 aliphatic rings. The number of methoxy groups -OCH3 is 1. The number of non-ortho nitro benzene ring substituents is 1. The Morgan fingerprint density at radius 1 is 1.09 bits per heavy atom. The number of benzene rings is 3. The first-order valence-electron chi connectivity index (χ1n) is 9.50. The number of rotatable bonds is 5. The molecular formula is C22H16N4O6S. The number of hydrogen-bond donors (Lipinski definition) is 2. The van der Waals surface area contributed by atoms with Crippen molar-refractivity contribution in [2.24, 2.45) is 0 Å². The summed E-state index contributed by atoms with van der Waals surface area (Å²) in [5.41, 5.74) is 2.38. The normalized spacial score (nSPS) is 10.6. The van der Waals surface area contributed by atoms with E-state index in [0.717, 1.165) is 5.56 Å². The van der Waals surface area contributed by atoms with Crippen molar-refractivity contribution in [3.05, 3.63) is 82.4 Å². The molecule has 166 valence electrons. The molecule has 1 aromatic heterocycles. The van der Waals surface area contributed by atoms with Crippen molar-refractivity contribution >= 4 is 45.6 Å². The molecule has 4 aromatic rings. The highest BCUT2D eigenvalue weighted by Crippen LogP contribution is 2.28. The van der Waals surface area contributed by atoms with Crippen LogP contribution in [0.1, 0.15) is 10.4 Å². The molecule has 0 saturated heterocycles. The van der Waals surface area contributed by atoms with Gasteiger partial charge in [-0.15, -0.1) is 0 Å². The van der Waals surface area contributed by atoms with E-state index in [1.807, 2.05) is 18.2 Å². The number of nitro benzene ring substituents is 1. The Balaban J connectivity index is 1.39. The number of anilines is 1. The van der Waals surface area contributed by atoms with Crippen LogP contribution in [0.5, 0.6) is 5.75 Å². The molecule has 0 aliphatic carbocycles. The molecule has 11 heteroatoms. The summed E-state index contributed by atoms with van der Waals surface area (Å²) in [5.74, 6) is 1.09. The summed E-state index contributed by atoms with van der Waals surface area (Å²) in [5, 5.41) is 12.8. The van der Waals surface area contributed by atoms with E-state index >= 15 is 0 Å². The highest BCUT2D eigenvalue weighted by Gasteiger charge is 2.13. The van der Waals surface area contributed by atoms with Crippen molar-refractivity contribution < 1.29 is 23.7 Å². The van der Waals surface area contributed by atoms with Crippen LogP contribution in [0.2, 0.25) is 0 Å². The van der Waals surface area contributed by atoms with E-state index in [1.165, 1.54) is 24.3 Å². The largest absolute Gasteiger partial charge is 0.497 e. The molecule has 33 heavy (non-hydrogen) atoms. The molecule has 0 atom stereocenters. The highest BCUT2D eigenvalue weighted by molar-refractivity contribution is 8.12. The lowest BCUT2D eigenvalue weighted by Gasteiger charge is -2.06. The van der Waals surface area contributed by atoms with Gasteiger partial charge in [0.05, 0.1) is 12.0 Å². The monoisotopic (exact) mass is 464 g/mol. The minimum absolute atomic E-state index is 0.125. The average Bonchev–Trinajstić information content (AvgIpc) is 3.26. The SMILES string of the molecule is COc1cccc(-c2nc3cc(NC(=O)NSC(=O)c4ccc([N+](=O)[O-])cc4)ccc3o2)c1. The zero-order chi connectivity index (χ0) is 23.4. The van der Waals surface area contributed by atoms with Crippen molar-refractivity contribution in [1.29, 1.82) is 0 Å². The van der Waals surface area contributed by atoms with Crippen LogP contribution in [-0.4, -0.2) is 28.2 Å². The molecule has 4 rings (SSSR count). The first kappa shape index (κ1) is 21.8. The fraction of sp³-hybridized carbons (Fsp3) is 0.0455. The maximum absolute atomic E-state index is 12.2. The van der Waals surface area contributed by atoms with Crippen molar-refractivity contribution in [3.63, 3.8) is 0 Å². The van der Waals surface area contributed by atoms with Crippen molar-refractivity contribution in [1.82, 2.24) is 9.71 Å². The van der Waals surface area contributed by atoms with Gasteiger partial charge in [0.25, 0.3) is 5.69 Å². The standard InChI is InChI=1S/C22H16N4O6S/c1-31-17-4-2-3-14(11-17)20-24-18-12-15(7-10-19(18)32-20)23-22(28)25-33-21(27)13-5-8-16(9-6-13)26(29)30/h2-12H,1H3,(H2,23,25,28). The minimum atomic E-state index is -0.619. The van der Waals surface area contributed by atoms with E-state index in [4.69, 9.17) is 9.15 Å². The van der Waals surface area contributed by atoms with Gasteiger partial charge in [-0.1, -0.05) is 6.07 Å². The van der Waals surface area contributed by atoms with Crippen molar-refractivity contribution in [2.45, 2.75) is 0 Å².